The molecule has 2 aliphatic heterocycles. The number of aromatic nitrogens is 3. The van der Waals surface area contributed by atoms with Crippen LogP contribution in [0, 0.1) is 0 Å². The lowest BCUT2D eigenvalue weighted by Gasteiger charge is -2.44. The van der Waals surface area contributed by atoms with Gasteiger partial charge in [0.1, 0.15) is 11.3 Å². The van der Waals surface area contributed by atoms with Crippen molar-refractivity contribution in [3.05, 3.63) is 11.4 Å². The van der Waals surface area contributed by atoms with Gasteiger partial charge in [-0.1, -0.05) is 5.21 Å². The maximum Gasteiger partial charge on any atom is 0.317 e. The van der Waals surface area contributed by atoms with Gasteiger partial charge in [0.2, 0.25) is 5.91 Å². The number of nitrogens with zero attached hydrogens (tertiary/aromatic N) is 5. The number of urea groups is 1. The molecule has 1 N–H and O–H groups in total. The minimum Gasteiger partial charge on any atom is -0.365 e. The van der Waals surface area contributed by atoms with Crippen LogP contribution in [0.15, 0.2) is 0 Å². The molecule has 1 aromatic heterocycles. The molecule has 9 nitrogen and oxygen atoms in total. The summed E-state index contributed by atoms with van der Waals surface area (Å²) in [5.41, 5.74) is 1.23. The molecule has 1 fully saturated rings. The minimum atomic E-state index is -0.380. The average Bonchev–Trinajstić information content (AvgIpc) is 2.94. The van der Waals surface area contributed by atoms with Crippen molar-refractivity contribution in [1.82, 2.24) is 30.1 Å². The third-order valence-corrected chi connectivity index (χ3v) is 4.67. The van der Waals surface area contributed by atoms with Crippen LogP contribution >= 0.6 is 0 Å². The number of carbonyl (C=O) groups excluding carboxylic acids is 2. The van der Waals surface area contributed by atoms with Gasteiger partial charge in [0.25, 0.3) is 0 Å². The number of ether oxygens (including phenoxy) is 1. The molecule has 0 radical (unpaired) electrons. The van der Waals surface area contributed by atoms with Gasteiger partial charge in [0.15, 0.2) is 0 Å². The Balaban J connectivity index is 1.69. The van der Waals surface area contributed by atoms with Crippen molar-refractivity contribution < 1.29 is 14.3 Å². The molecular weight excluding hydrogens is 312 g/mol. The van der Waals surface area contributed by atoms with Crippen LogP contribution in [0.2, 0.25) is 0 Å². The van der Waals surface area contributed by atoms with Gasteiger partial charge < -0.3 is 19.9 Å². The molecule has 24 heavy (non-hydrogen) atoms. The second-order valence-electron chi connectivity index (χ2n) is 6.71. The third kappa shape index (κ3) is 3.21. The van der Waals surface area contributed by atoms with E-state index in [1.54, 1.807) is 21.0 Å². The lowest BCUT2D eigenvalue weighted by atomic mass is 9.91. The van der Waals surface area contributed by atoms with Crippen LogP contribution in [0.1, 0.15) is 31.2 Å². The standard InChI is InChI=1S/C15H24N6O3/c1-11(22)20-6-4-5-15(9-20)10-21-13(8-24-15)12(17-18-21)7-16-14(23)19(2)3/h4-10H2,1-3H3,(H,16,23). The molecule has 3 rings (SSSR count). The Morgan fingerprint density at radius 2 is 2.17 bits per heavy atom. The molecule has 1 unspecified atom stereocenters. The zero-order valence-corrected chi connectivity index (χ0v) is 14.4. The molecule has 0 aliphatic carbocycles. The lowest BCUT2D eigenvalue weighted by Crippen LogP contribution is -2.55. The first kappa shape index (κ1) is 16.7. The molecule has 0 bridgehead atoms. The molecule has 9 heteroatoms. The van der Waals surface area contributed by atoms with E-state index in [0.717, 1.165) is 30.8 Å². The molecule has 1 aromatic rings. The lowest BCUT2D eigenvalue weighted by molar-refractivity contribution is -0.151. The number of piperidine rings is 1. The fraction of sp³-hybridized carbons (Fsp3) is 0.733. The zero-order chi connectivity index (χ0) is 17.3. The van der Waals surface area contributed by atoms with Crippen molar-refractivity contribution in [2.45, 2.75) is 45.1 Å². The van der Waals surface area contributed by atoms with E-state index in [9.17, 15) is 9.59 Å². The van der Waals surface area contributed by atoms with Gasteiger partial charge in [-0.05, 0) is 12.8 Å². The van der Waals surface area contributed by atoms with Crippen molar-refractivity contribution in [1.29, 1.82) is 0 Å². The maximum atomic E-state index is 11.7. The van der Waals surface area contributed by atoms with E-state index in [1.807, 2.05) is 9.58 Å². The quantitative estimate of drug-likeness (QED) is 0.818. The van der Waals surface area contributed by atoms with Crippen LogP contribution in [-0.2, 0) is 29.2 Å². The number of fused-ring (bicyclic) bond motifs is 1. The highest BCUT2D eigenvalue weighted by Crippen LogP contribution is 2.32. The number of hydrogen-bond acceptors (Lipinski definition) is 5. The highest BCUT2D eigenvalue weighted by Gasteiger charge is 2.41. The van der Waals surface area contributed by atoms with Gasteiger partial charge >= 0.3 is 6.03 Å². The van der Waals surface area contributed by atoms with E-state index < -0.39 is 0 Å². The smallest absolute Gasteiger partial charge is 0.317 e. The molecule has 1 saturated heterocycles. The van der Waals surface area contributed by atoms with E-state index in [-0.39, 0.29) is 17.5 Å². The molecule has 132 valence electrons. The Hall–Kier alpha value is -2.16. The van der Waals surface area contributed by atoms with E-state index in [4.69, 9.17) is 4.74 Å². The first-order valence-electron chi connectivity index (χ1n) is 8.16. The minimum absolute atomic E-state index is 0.0779. The van der Waals surface area contributed by atoms with Crippen LogP contribution in [0.4, 0.5) is 4.79 Å². The van der Waals surface area contributed by atoms with Gasteiger partial charge in [0, 0.05) is 27.6 Å². The molecule has 0 saturated carbocycles. The summed E-state index contributed by atoms with van der Waals surface area (Å²) in [6.45, 7) is 4.27. The molecule has 1 spiro atoms. The van der Waals surface area contributed by atoms with Crippen molar-refractivity contribution in [3.8, 4) is 0 Å². The summed E-state index contributed by atoms with van der Waals surface area (Å²) in [5, 5.41) is 11.2. The summed E-state index contributed by atoms with van der Waals surface area (Å²) in [7, 11) is 3.37. The Morgan fingerprint density at radius 3 is 2.88 bits per heavy atom. The number of nitrogens with one attached hydrogen (secondary N) is 1. The summed E-state index contributed by atoms with van der Waals surface area (Å²) in [6.07, 6.45) is 1.83. The number of amides is 3. The highest BCUT2D eigenvalue weighted by atomic mass is 16.5. The first-order valence-corrected chi connectivity index (χ1v) is 8.16. The summed E-state index contributed by atoms with van der Waals surface area (Å²) in [6, 6.07) is -0.172. The van der Waals surface area contributed by atoms with E-state index in [1.165, 1.54) is 4.90 Å². The topological polar surface area (TPSA) is 92.6 Å². The Bertz CT molecular complexity index is 643. The maximum absolute atomic E-state index is 11.7. The van der Waals surface area contributed by atoms with Crippen LogP contribution < -0.4 is 5.32 Å². The largest absolute Gasteiger partial charge is 0.365 e. The summed E-state index contributed by atoms with van der Waals surface area (Å²) < 4.78 is 8.00. The van der Waals surface area contributed by atoms with Crippen molar-refractivity contribution in [3.63, 3.8) is 0 Å². The van der Waals surface area contributed by atoms with Crippen LogP contribution in [0.5, 0.6) is 0 Å². The summed E-state index contributed by atoms with van der Waals surface area (Å²) >= 11 is 0. The van der Waals surface area contributed by atoms with Gasteiger partial charge in [-0.3, -0.25) is 4.79 Å². The molecule has 2 aliphatic rings. The number of carbonyl (C=O) groups is 2. The Morgan fingerprint density at radius 1 is 1.38 bits per heavy atom. The molecular formula is C15H24N6O3. The van der Waals surface area contributed by atoms with Crippen molar-refractivity contribution in [2.75, 3.05) is 27.2 Å². The molecule has 3 amide bonds. The zero-order valence-electron chi connectivity index (χ0n) is 14.4. The second kappa shape index (κ2) is 6.39. The molecule has 1 atom stereocenters. The summed E-state index contributed by atoms with van der Waals surface area (Å²) in [4.78, 5) is 26.6. The van der Waals surface area contributed by atoms with E-state index in [2.05, 4.69) is 15.6 Å². The normalized spacial score (nSPS) is 23.0. The molecule has 0 aromatic carbocycles. The monoisotopic (exact) mass is 336 g/mol. The van der Waals surface area contributed by atoms with Gasteiger partial charge in [-0.25, -0.2) is 9.48 Å². The van der Waals surface area contributed by atoms with Gasteiger partial charge in [-0.2, -0.15) is 0 Å². The fourth-order valence-corrected chi connectivity index (χ4v) is 3.26. The fourth-order valence-electron chi connectivity index (χ4n) is 3.26. The van der Waals surface area contributed by atoms with Crippen LogP contribution in [0.3, 0.4) is 0 Å². The number of rotatable bonds is 2. The van der Waals surface area contributed by atoms with E-state index >= 15 is 0 Å². The van der Waals surface area contributed by atoms with Gasteiger partial charge in [0.05, 0.1) is 31.9 Å². The van der Waals surface area contributed by atoms with Crippen LogP contribution in [-0.4, -0.2) is 69.5 Å². The van der Waals surface area contributed by atoms with Gasteiger partial charge in [-0.15, -0.1) is 5.10 Å². The Labute approximate surface area is 140 Å². The Kier molecular flexibility index (Phi) is 4.44. The third-order valence-electron chi connectivity index (χ3n) is 4.67. The van der Waals surface area contributed by atoms with Crippen molar-refractivity contribution >= 4 is 11.9 Å². The first-order chi connectivity index (χ1) is 11.4. The predicted octanol–water partition coefficient (Wildman–Crippen LogP) is -0.0394. The molecule has 3 heterocycles. The summed E-state index contributed by atoms with van der Waals surface area (Å²) in [5.74, 6) is 0.0779. The van der Waals surface area contributed by atoms with E-state index in [0.29, 0.717) is 26.2 Å². The van der Waals surface area contributed by atoms with Crippen LogP contribution in [0.25, 0.3) is 0 Å². The highest BCUT2D eigenvalue weighted by molar-refractivity contribution is 5.73. The second-order valence-corrected chi connectivity index (χ2v) is 6.71. The number of likely N-dealkylation sites (tertiary alicyclic amines) is 1. The predicted molar refractivity (Wildman–Crippen MR) is 85.0 cm³/mol. The number of hydrogen-bond donors (Lipinski definition) is 1. The van der Waals surface area contributed by atoms with Crippen molar-refractivity contribution in [2.24, 2.45) is 0 Å². The average molecular weight is 336 g/mol. The SMILES string of the molecule is CC(=O)N1CCCC2(C1)Cn1nnc(CNC(=O)N(C)C)c1CO2.